The van der Waals surface area contributed by atoms with Gasteiger partial charge in [-0.2, -0.15) is 5.10 Å². The fourth-order valence-corrected chi connectivity index (χ4v) is 3.79. The fourth-order valence-electron chi connectivity index (χ4n) is 3.79. The lowest BCUT2D eigenvalue weighted by Gasteiger charge is -2.22. The molecule has 2 aromatic heterocycles. The minimum absolute atomic E-state index is 0.0579. The second kappa shape index (κ2) is 7.70. The number of rotatable bonds is 7. The zero-order chi connectivity index (χ0) is 20.5. The van der Waals surface area contributed by atoms with Crippen LogP contribution in [0, 0.1) is 12.8 Å². The van der Waals surface area contributed by atoms with Crippen molar-refractivity contribution < 1.29 is 14.7 Å². The molecule has 0 aliphatic heterocycles. The topological polar surface area (TPSA) is 74.9 Å². The highest BCUT2D eigenvalue weighted by atomic mass is 16.4. The standard InChI is InChI=1S/C23H25N3O3/c1-3-25(23(29)16-9-10-16)14-17-6-4-5-7-19(17)21-12-18(13-22(27)28)20-11-8-15(2)24-26(20)21/h4-8,11-12,16H,3,9-10,13-14H2,1-2H3,(H,27,28). The van der Waals surface area contributed by atoms with E-state index in [-0.39, 0.29) is 18.2 Å². The van der Waals surface area contributed by atoms with Gasteiger partial charge < -0.3 is 10.0 Å². The normalized spacial score (nSPS) is 13.6. The fraction of sp³-hybridized carbons (Fsp3) is 0.348. The molecule has 29 heavy (non-hydrogen) atoms. The molecule has 0 bridgehead atoms. The Morgan fingerprint density at radius 1 is 1.17 bits per heavy atom. The molecule has 3 aromatic rings. The first-order valence-electron chi connectivity index (χ1n) is 10.0. The van der Waals surface area contributed by atoms with E-state index in [1.54, 1.807) is 0 Å². The van der Waals surface area contributed by atoms with Crippen molar-refractivity contribution in [3.05, 3.63) is 59.3 Å². The van der Waals surface area contributed by atoms with E-state index in [0.29, 0.717) is 13.1 Å². The van der Waals surface area contributed by atoms with Gasteiger partial charge >= 0.3 is 5.97 Å². The number of carbonyl (C=O) groups excluding carboxylic acids is 1. The first-order chi connectivity index (χ1) is 14.0. The van der Waals surface area contributed by atoms with Crippen molar-refractivity contribution in [1.29, 1.82) is 0 Å². The number of aromatic nitrogens is 2. The van der Waals surface area contributed by atoms with Gasteiger partial charge in [-0.05, 0) is 56.0 Å². The molecule has 1 saturated carbocycles. The largest absolute Gasteiger partial charge is 0.481 e. The molecule has 1 fully saturated rings. The number of carboxylic acid groups (broad SMARTS) is 1. The van der Waals surface area contributed by atoms with E-state index in [1.165, 1.54) is 0 Å². The third-order valence-corrected chi connectivity index (χ3v) is 5.45. The summed E-state index contributed by atoms with van der Waals surface area (Å²) in [6.07, 6.45) is 1.92. The Labute approximate surface area is 169 Å². The number of benzene rings is 1. The predicted molar refractivity (Wildman–Crippen MR) is 111 cm³/mol. The van der Waals surface area contributed by atoms with Crippen LogP contribution in [-0.2, 0) is 22.6 Å². The summed E-state index contributed by atoms with van der Waals surface area (Å²) in [5.41, 5.74) is 5.24. The van der Waals surface area contributed by atoms with E-state index >= 15 is 0 Å². The summed E-state index contributed by atoms with van der Waals surface area (Å²) in [5.74, 6) is -0.462. The minimum Gasteiger partial charge on any atom is -0.481 e. The monoisotopic (exact) mass is 391 g/mol. The number of carboxylic acids is 1. The van der Waals surface area contributed by atoms with Crippen molar-refractivity contribution >= 4 is 17.4 Å². The molecule has 6 heteroatoms. The van der Waals surface area contributed by atoms with E-state index in [4.69, 9.17) is 0 Å². The number of aliphatic carboxylic acids is 1. The molecule has 150 valence electrons. The van der Waals surface area contributed by atoms with Crippen LogP contribution in [0.1, 0.15) is 36.6 Å². The average Bonchev–Trinajstić information content (AvgIpc) is 3.49. The number of hydrogen-bond donors (Lipinski definition) is 1. The predicted octanol–water partition coefficient (Wildman–Crippen LogP) is 3.70. The van der Waals surface area contributed by atoms with Gasteiger partial charge in [-0.25, -0.2) is 4.52 Å². The van der Waals surface area contributed by atoms with Gasteiger partial charge in [-0.3, -0.25) is 9.59 Å². The lowest BCUT2D eigenvalue weighted by molar-refractivity contribution is -0.136. The zero-order valence-corrected chi connectivity index (χ0v) is 16.8. The van der Waals surface area contributed by atoms with E-state index < -0.39 is 5.97 Å². The molecule has 1 amide bonds. The van der Waals surface area contributed by atoms with E-state index in [1.807, 2.05) is 65.7 Å². The van der Waals surface area contributed by atoms with Gasteiger partial charge in [0.2, 0.25) is 5.91 Å². The van der Waals surface area contributed by atoms with Gasteiger partial charge in [-0.1, -0.05) is 24.3 Å². The molecule has 1 aliphatic carbocycles. The Morgan fingerprint density at radius 3 is 2.62 bits per heavy atom. The van der Waals surface area contributed by atoms with Gasteiger partial charge in [0.1, 0.15) is 0 Å². The van der Waals surface area contributed by atoms with Gasteiger partial charge in [0.05, 0.1) is 23.3 Å². The SMILES string of the molecule is CCN(Cc1ccccc1-c1cc(CC(=O)O)c2ccc(C)nn12)C(=O)C1CC1. The summed E-state index contributed by atoms with van der Waals surface area (Å²) in [6, 6.07) is 13.7. The Morgan fingerprint density at radius 2 is 1.93 bits per heavy atom. The van der Waals surface area contributed by atoms with E-state index in [0.717, 1.165) is 46.4 Å². The number of nitrogens with zero attached hydrogens (tertiary/aromatic N) is 3. The van der Waals surface area contributed by atoms with Crippen LogP contribution >= 0.6 is 0 Å². The molecule has 1 N–H and O–H groups in total. The summed E-state index contributed by atoms with van der Waals surface area (Å²) in [5, 5.41) is 13.9. The number of hydrogen-bond acceptors (Lipinski definition) is 3. The van der Waals surface area contributed by atoms with Gasteiger partial charge in [0.25, 0.3) is 0 Å². The van der Waals surface area contributed by atoms with Gasteiger partial charge in [0, 0.05) is 24.6 Å². The van der Waals surface area contributed by atoms with Crippen LogP contribution in [0.4, 0.5) is 0 Å². The Balaban J connectivity index is 1.79. The quantitative estimate of drug-likeness (QED) is 0.666. The summed E-state index contributed by atoms with van der Waals surface area (Å²) >= 11 is 0. The molecule has 1 aliphatic rings. The van der Waals surface area contributed by atoms with Crippen molar-refractivity contribution in [2.45, 2.75) is 39.7 Å². The van der Waals surface area contributed by atoms with Crippen molar-refractivity contribution in [2.24, 2.45) is 5.92 Å². The smallest absolute Gasteiger partial charge is 0.307 e. The third kappa shape index (κ3) is 3.88. The maximum Gasteiger partial charge on any atom is 0.307 e. The molecule has 0 unspecified atom stereocenters. The maximum atomic E-state index is 12.6. The molecule has 0 atom stereocenters. The second-order valence-electron chi connectivity index (χ2n) is 7.68. The van der Waals surface area contributed by atoms with E-state index in [2.05, 4.69) is 5.10 Å². The minimum atomic E-state index is -0.870. The Hall–Kier alpha value is -3.15. The van der Waals surface area contributed by atoms with Crippen LogP contribution in [0.2, 0.25) is 0 Å². The first kappa shape index (κ1) is 19.2. The molecule has 1 aromatic carbocycles. The highest BCUT2D eigenvalue weighted by Crippen LogP contribution is 2.33. The number of aryl methyl sites for hydroxylation is 1. The zero-order valence-electron chi connectivity index (χ0n) is 16.8. The summed E-state index contributed by atoms with van der Waals surface area (Å²) < 4.78 is 1.82. The van der Waals surface area contributed by atoms with Gasteiger partial charge in [0.15, 0.2) is 0 Å². The first-order valence-corrected chi connectivity index (χ1v) is 10.0. The van der Waals surface area contributed by atoms with Gasteiger partial charge in [-0.15, -0.1) is 0 Å². The lowest BCUT2D eigenvalue weighted by Crippen LogP contribution is -2.31. The van der Waals surface area contributed by atoms with Crippen molar-refractivity contribution in [3.8, 4) is 11.3 Å². The van der Waals surface area contributed by atoms with Crippen LogP contribution in [-0.4, -0.2) is 38.0 Å². The molecule has 0 spiro atoms. The van der Waals surface area contributed by atoms with E-state index in [9.17, 15) is 14.7 Å². The molecular formula is C23H25N3O3. The number of amides is 1. The molecule has 0 radical (unpaired) electrons. The summed E-state index contributed by atoms with van der Waals surface area (Å²) in [4.78, 5) is 25.9. The van der Waals surface area contributed by atoms with Crippen molar-refractivity contribution in [2.75, 3.05) is 6.54 Å². The lowest BCUT2D eigenvalue weighted by atomic mass is 10.0. The number of fused-ring (bicyclic) bond motifs is 1. The second-order valence-corrected chi connectivity index (χ2v) is 7.68. The molecule has 6 nitrogen and oxygen atoms in total. The molecule has 2 heterocycles. The van der Waals surface area contributed by atoms with Crippen LogP contribution in [0.25, 0.3) is 16.8 Å². The van der Waals surface area contributed by atoms with Crippen LogP contribution in [0.15, 0.2) is 42.5 Å². The molecular weight excluding hydrogens is 366 g/mol. The summed E-state index contributed by atoms with van der Waals surface area (Å²) in [6.45, 7) is 5.13. The van der Waals surface area contributed by atoms with Crippen LogP contribution in [0.5, 0.6) is 0 Å². The van der Waals surface area contributed by atoms with Crippen LogP contribution < -0.4 is 0 Å². The Bertz CT molecular complexity index is 1080. The molecule has 0 saturated heterocycles. The van der Waals surface area contributed by atoms with Crippen molar-refractivity contribution in [3.63, 3.8) is 0 Å². The maximum absolute atomic E-state index is 12.6. The van der Waals surface area contributed by atoms with Crippen molar-refractivity contribution in [1.82, 2.24) is 14.5 Å². The van der Waals surface area contributed by atoms with Crippen LogP contribution in [0.3, 0.4) is 0 Å². The molecule has 4 rings (SSSR count). The highest BCUT2D eigenvalue weighted by molar-refractivity contribution is 5.82. The third-order valence-electron chi connectivity index (χ3n) is 5.45. The average molecular weight is 391 g/mol. The summed E-state index contributed by atoms with van der Waals surface area (Å²) in [7, 11) is 0. The highest BCUT2D eigenvalue weighted by Gasteiger charge is 2.33. The Kier molecular flexibility index (Phi) is 5.09. The number of carbonyl (C=O) groups is 2.